The van der Waals surface area contributed by atoms with E-state index in [-0.39, 0.29) is 0 Å². The Hall–Kier alpha value is -0.610. The number of rotatable bonds is 8. The molecule has 4 unspecified atom stereocenters. The van der Waals surface area contributed by atoms with E-state index in [0.717, 1.165) is 0 Å². The van der Waals surface area contributed by atoms with E-state index in [1.54, 1.807) is 0 Å². The first-order chi connectivity index (χ1) is 9.93. The van der Waals surface area contributed by atoms with Crippen LogP contribution in [0.15, 0.2) is 48.6 Å². The zero-order chi connectivity index (χ0) is 16.5. The van der Waals surface area contributed by atoms with Gasteiger partial charge in [-0.15, -0.1) is 0 Å². The molecule has 0 aromatic heterocycles. The Labute approximate surface area is 134 Å². The third-order valence-electron chi connectivity index (χ3n) is 5.08. The Balaban J connectivity index is 6.16. The van der Waals surface area contributed by atoms with E-state index in [2.05, 4.69) is 104 Å². The van der Waals surface area contributed by atoms with E-state index >= 15 is 0 Å². The number of allylic oxidation sites excluding steroid dienone is 8. The summed E-state index contributed by atoms with van der Waals surface area (Å²) in [5, 5.41) is 0. The van der Waals surface area contributed by atoms with Crippen molar-refractivity contribution in [3.05, 3.63) is 48.6 Å². The summed E-state index contributed by atoms with van der Waals surface area (Å²) < 4.78 is 0. The van der Waals surface area contributed by atoms with Crippen molar-refractivity contribution in [3.63, 3.8) is 0 Å². The zero-order valence-electron chi connectivity index (χ0n) is 15.4. The van der Waals surface area contributed by atoms with Gasteiger partial charge >= 0.3 is 134 Å². The summed E-state index contributed by atoms with van der Waals surface area (Å²) >= 11 is 0. The second-order valence-electron chi connectivity index (χ2n) is 6.26. The molecule has 0 fully saturated rings. The quantitative estimate of drug-likeness (QED) is 0.350. The molecule has 122 valence electrons. The molecule has 0 aromatic carbocycles. The molecule has 0 N–H and O–H groups in total. The molecule has 0 nitrogen and oxygen atoms in total. The van der Waals surface area contributed by atoms with Crippen molar-refractivity contribution in [1.29, 1.82) is 0 Å². The average Bonchev–Trinajstić information content (AvgIpc) is 2.40. The normalized spacial score (nSPS) is 20.6. The van der Waals surface area contributed by atoms with Crippen molar-refractivity contribution in [1.82, 2.24) is 0 Å². The van der Waals surface area contributed by atoms with Crippen molar-refractivity contribution in [2.24, 2.45) is 0 Å². The van der Waals surface area contributed by atoms with E-state index in [9.17, 15) is 0 Å². The maximum atomic E-state index is 2.44. The Morgan fingerprint density at radius 2 is 0.667 bits per heavy atom. The van der Waals surface area contributed by atoms with Crippen molar-refractivity contribution < 1.29 is 0 Å². The van der Waals surface area contributed by atoms with Crippen LogP contribution in [-0.2, 0) is 0 Å². The monoisotopic (exact) mass is 308 g/mol. The molecule has 0 aromatic rings. The van der Waals surface area contributed by atoms with Crippen LogP contribution >= 0.6 is 7.26 Å². The Morgan fingerprint density at radius 1 is 0.476 bits per heavy atom. The van der Waals surface area contributed by atoms with E-state index in [4.69, 9.17) is 0 Å². The summed E-state index contributed by atoms with van der Waals surface area (Å²) in [5.74, 6) is 0. The first-order valence-electron chi connectivity index (χ1n) is 8.44. The molecule has 0 saturated heterocycles. The summed E-state index contributed by atoms with van der Waals surface area (Å²) in [5.41, 5.74) is 2.63. The molecule has 0 saturated carbocycles. The van der Waals surface area contributed by atoms with Crippen LogP contribution in [0.4, 0.5) is 0 Å². The van der Waals surface area contributed by atoms with Crippen molar-refractivity contribution in [2.45, 2.75) is 78.0 Å². The minimum atomic E-state index is -1.64. The number of hydrogen-bond donors (Lipinski definition) is 0. The molecule has 0 aliphatic heterocycles. The topological polar surface area (TPSA) is 0 Å². The minimum absolute atomic E-state index is 0.658. The van der Waals surface area contributed by atoms with Gasteiger partial charge < -0.3 is 0 Å². The molecule has 0 spiro atoms. The first-order valence-corrected chi connectivity index (χ1v) is 10.7. The maximum absolute atomic E-state index is 2.44. The summed E-state index contributed by atoms with van der Waals surface area (Å²) in [6, 6.07) is 0. The van der Waals surface area contributed by atoms with E-state index in [0.29, 0.717) is 22.6 Å². The van der Waals surface area contributed by atoms with Gasteiger partial charge in [0.15, 0.2) is 0 Å². The predicted molar refractivity (Wildman–Crippen MR) is 105 cm³/mol. The SMILES string of the molecule is CC=CC(C)[PH](C(C)C=CC)(C(C)C=CC)C(C)C=CC. The van der Waals surface area contributed by atoms with Gasteiger partial charge in [0.25, 0.3) is 0 Å². The van der Waals surface area contributed by atoms with Gasteiger partial charge in [0.05, 0.1) is 0 Å². The summed E-state index contributed by atoms with van der Waals surface area (Å²) in [6.07, 6.45) is 18.7. The summed E-state index contributed by atoms with van der Waals surface area (Å²) in [4.78, 5) is 0. The molecular formula is C20H37P. The standard InChI is InChI=1S/C20H37P/c1-9-13-17(5)21(18(6)14-10-2,19(7)15-11-3)20(8)16-12-4/h9-21H,1-8H3. The molecule has 0 amide bonds. The molecule has 0 bridgehead atoms. The van der Waals surface area contributed by atoms with Crippen LogP contribution in [0, 0.1) is 0 Å². The third kappa shape index (κ3) is 4.68. The van der Waals surface area contributed by atoms with E-state index in [1.165, 1.54) is 0 Å². The Morgan fingerprint density at radius 3 is 0.810 bits per heavy atom. The molecule has 0 rings (SSSR count). The number of hydrogen-bond acceptors (Lipinski definition) is 0. The van der Waals surface area contributed by atoms with Gasteiger partial charge in [-0.3, -0.25) is 0 Å². The Kier molecular flexibility index (Phi) is 9.88. The molecule has 4 atom stereocenters. The van der Waals surface area contributed by atoms with E-state index < -0.39 is 7.26 Å². The average molecular weight is 308 g/mol. The summed E-state index contributed by atoms with van der Waals surface area (Å²) in [7, 11) is -1.64. The molecule has 0 radical (unpaired) electrons. The van der Waals surface area contributed by atoms with Crippen molar-refractivity contribution in [2.75, 3.05) is 0 Å². The fourth-order valence-electron chi connectivity index (χ4n) is 4.31. The Bertz CT molecular complexity index is 309. The van der Waals surface area contributed by atoms with Crippen molar-refractivity contribution in [3.8, 4) is 0 Å². The van der Waals surface area contributed by atoms with Gasteiger partial charge in [-0.25, -0.2) is 0 Å². The van der Waals surface area contributed by atoms with Gasteiger partial charge in [0.1, 0.15) is 0 Å². The van der Waals surface area contributed by atoms with Crippen LogP contribution in [-0.4, -0.2) is 22.6 Å². The molecule has 21 heavy (non-hydrogen) atoms. The van der Waals surface area contributed by atoms with Crippen LogP contribution in [0.1, 0.15) is 55.4 Å². The zero-order valence-corrected chi connectivity index (χ0v) is 16.4. The van der Waals surface area contributed by atoms with Crippen molar-refractivity contribution >= 4 is 7.26 Å². The van der Waals surface area contributed by atoms with Crippen LogP contribution in [0.2, 0.25) is 0 Å². The van der Waals surface area contributed by atoms with Crippen LogP contribution in [0.5, 0.6) is 0 Å². The second-order valence-corrected chi connectivity index (χ2v) is 11.9. The molecule has 0 heterocycles. The predicted octanol–water partition coefficient (Wildman–Crippen LogP) is 6.59. The fourth-order valence-corrected chi connectivity index (χ4v) is 11.4. The van der Waals surface area contributed by atoms with Crippen LogP contribution in [0.3, 0.4) is 0 Å². The van der Waals surface area contributed by atoms with Gasteiger partial charge in [-0.2, -0.15) is 0 Å². The fraction of sp³-hybridized carbons (Fsp3) is 0.600. The van der Waals surface area contributed by atoms with Gasteiger partial charge in [-0.05, 0) is 0 Å². The van der Waals surface area contributed by atoms with Gasteiger partial charge in [0.2, 0.25) is 0 Å². The van der Waals surface area contributed by atoms with Crippen LogP contribution in [0.25, 0.3) is 0 Å². The molecule has 1 heteroatoms. The second kappa shape index (κ2) is 10.2. The summed E-state index contributed by atoms with van der Waals surface area (Å²) in [6.45, 7) is 18.3. The molecule has 0 aliphatic carbocycles. The third-order valence-corrected chi connectivity index (χ3v) is 12.2. The first kappa shape index (κ1) is 20.4. The van der Waals surface area contributed by atoms with Gasteiger partial charge in [-0.1, -0.05) is 0 Å². The molecular weight excluding hydrogens is 271 g/mol. The van der Waals surface area contributed by atoms with E-state index in [1.807, 2.05) is 0 Å². The molecule has 0 aliphatic rings. The van der Waals surface area contributed by atoms with Crippen LogP contribution < -0.4 is 0 Å². The van der Waals surface area contributed by atoms with Gasteiger partial charge in [0, 0.05) is 0 Å².